The van der Waals surface area contributed by atoms with E-state index in [2.05, 4.69) is 25.0 Å². The largest absolute Gasteiger partial charge is 0.434 e. The van der Waals surface area contributed by atoms with Gasteiger partial charge in [0.05, 0.1) is 6.26 Å². The van der Waals surface area contributed by atoms with Crippen LogP contribution in [-0.2, 0) is 10.0 Å². The first kappa shape index (κ1) is 18.6. The molecule has 1 amide bonds. The summed E-state index contributed by atoms with van der Waals surface area (Å²) in [4.78, 5) is 25.1. The highest BCUT2D eigenvalue weighted by atomic mass is 32.2. The number of fused-ring (bicyclic) bond motifs is 1. The van der Waals surface area contributed by atoms with Crippen molar-refractivity contribution in [1.82, 2.24) is 15.0 Å². The number of benzene rings is 1. The first-order valence-corrected chi connectivity index (χ1v) is 10.3. The minimum absolute atomic E-state index is 0.275. The summed E-state index contributed by atoms with van der Waals surface area (Å²) in [6, 6.07) is 13.0. The third-order valence-electron chi connectivity index (χ3n) is 3.84. The number of nitrogens with zero attached hydrogens (tertiary/aromatic N) is 3. The lowest BCUT2D eigenvalue weighted by atomic mass is 10.2. The van der Waals surface area contributed by atoms with Crippen molar-refractivity contribution in [3.63, 3.8) is 0 Å². The van der Waals surface area contributed by atoms with Crippen LogP contribution < -0.4 is 10.0 Å². The van der Waals surface area contributed by atoms with Crippen molar-refractivity contribution in [2.75, 3.05) is 16.3 Å². The first-order valence-electron chi connectivity index (χ1n) is 8.44. The lowest BCUT2D eigenvalue weighted by molar-refractivity contribution is 0.102. The number of hydrogen-bond acceptors (Lipinski definition) is 7. The molecule has 0 spiro atoms. The molecule has 0 bridgehead atoms. The second-order valence-electron chi connectivity index (χ2n) is 6.18. The number of nitrogens with one attached hydrogen (secondary N) is 2. The Kier molecular flexibility index (Phi) is 4.69. The summed E-state index contributed by atoms with van der Waals surface area (Å²) in [6.07, 6.45) is 4.19. The van der Waals surface area contributed by atoms with E-state index < -0.39 is 15.9 Å². The van der Waals surface area contributed by atoms with Crippen molar-refractivity contribution in [2.45, 2.75) is 0 Å². The third kappa shape index (κ3) is 4.38. The summed E-state index contributed by atoms with van der Waals surface area (Å²) in [5.41, 5.74) is 2.23. The van der Waals surface area contributed by atoms with Crippen LogP contribution in [0.15, 0.2) is 65.3 Å². The van der Waals surface area contributed by atoms with E-state index in [1.165, 1.54) is 12.3 Å². The van der Waals surface area contributed by atoms with Crippen LogP contribution in [0.4, 0.5) is 11.5 Å². The van der Waals surface area contributed by atoms with Gasteiger partial charge in [-0.2, -0.15) is 4.98 Å². The van der Waals surface area contributed by atoms with Crippen LogP contribution in [0.3, 0.4) is 0 Å². The smallest absolute Gasteiger partial charge is 0.256 e. The van der Waals surface area contributed by atoms with Crippen LogP contribution in [0.25, 0.3) is 22.7 Å². The van der Waals surface area contributed by atoms with Crippen LogP contribution in [0, 0.1) is 0 Å². The minimum atomic E-state index is -3.44. The maximum atomic E-state index is 12.5. The molecule has 4 aromatic rings. The normalized spacial score (nSPS) is 11.3. The quantitative estimate of drug-likeness (QED) is 0.519. The molecule has 0 fully saturated rings. The van der Waals surface area contributed by atoms with E-state index in [-0.39, 0.29) is 5.56 Å². The predicted octanol–water partition coefficient (Wildman–Crippen LogP) is 2.91. The summed E-state index contributed by atoms with van der Waals surface area (Å²) in [5.74, 6) is 0.214. The summed E-state index contributed by atoms with van der Waals surface area (Å²) < 4.78 is 30.8. The van der Waals surface area contributed by atoms with Gasteiger partial charge in [0.15, 0.2) is 11.2 Å². The van der Waals surface area contributed by atoms with Gasteiger partial charge in [0.1, 0.15) is 5.82 Å². The molecule has 146 valence electrons. The molecule has 0 aliphatic rings. The summed E-state index contributed by atoms with van der Waals surface area (Å²) in [5, 5.41) is 2.68. The average molecular weight is 409 g/mol. The lowest BCUT2D eigenvalue weighted by Crippen LogP contribution is -2.14. The van der Waals surface area contributed by atoms with Gasteiger partial charge >= 0.3 is 0 Å². The minimum Gasteiger partial charge on any atom is -0.434 e. The van der Waals surface area contributed by atoms with Crippen molar-refractivity contribution in [2.24, 2.45) is 0 Å². The highest BCUT2D eigenvalue weighted by Gasteiger charge is 2.12. The monoisotopic (exact) mass is 409 g/mol. The van der Waals surface area contributed by atoms with Crippen LogP contribution >= 0.6 is 0 Å². The molecule has 4 rings (SSSR count). The van der Waals surface area contributed by atoms with Gasteiger partial charge in [0, 0.05) is 29.2 Å². The van der Waals surface area contributed by atoms with Crippen molar-refractivity contribution in [1.29, 1.82) is 0 Å². The SMILES string of the molecule is CS(=O)(=O)Nc1cccc(C(=O)Nc2cc(-c3nc4ncccc4o3)ccn2)c1. The topological polar surface area (TPSA) is 127 Å². The number of amides is 1. The fourth-order valence-electron chi connectivity index (χ4n) is 2.65. The number of anilines is 2. The zero-order chi connectivity index (χ0) is 20.4. The zero-order valence-corrected chi connectivity index (χ0v) is 16.0. The molecular weight excluding hydrogens is 394 g/mol. The predicted molar refractivity (Wildman–Crippen MR) is 108 cm³/mol. The molecule has 0 atom stereocenters. The Labute approximate surface area is 165 Å². The summed E-state index contributed by atoms with van der Waals surface area (Å²) >= 11 is 0. The Balaban J connectivity index is 1.56. The maximum Gasteiger partial charge on any atom is 0.256 e. The maximum absolute atomic E-state index is 12.5. The van der Waals surface area contributed by atoms with Gasteiger partial charge in [-0.05, 0) is 42.5 Å². The molecule has 0 saturated heterocycles. The van der Waals surface area contributed by atoms with Gasteiger partial charge in [-0.15, -0.1) is 0 Å². The standard InChI is InChI=1S/C19H15N5O4S/c1-29(26,27)24-14-5-2-4-12(10-14)18(25)22-16-11-13(7-9-20-16)19-23-17-15(28-19)6-3-8-21-17/h2-11,24H,1H3,(H,20,22,25). The number of oxazole rings is 1. The van der Waals surface area contributed by atoms with E-state index >= 15 is 0 Å². The Morgan fingerprint density at radius 3 is 2.69 bits per heavy atom. The van der Waals surface area contributed by atoms with Gasteiger partial charge in [0.25, 0.3) is 5.91 Å². The molecule has 0 unspecified atom stereocenters. The number of hydrogen-bond donors (Lipinski definition) is 2. The van der Waals surface area contributed by atoms with Crippen LogP contribution in [-0.4, -0.2) is 35.5 Å². The molecule has 29 heavy (non-hydrogen) atoms. The Bertz CT molecular complexity index is 1280. The van der Waals surface area contributed by atoms with Gasteiger partial charge in [0.2, 0.25) is 15.9 Å². The van der Waals surface area contributed by atoms with Crippen molar-refractivity contribution in [3.8, 4) is 11.5 Å². The molecule has 10 heteroatoms. The van der Waals surface area contributed by atoms with Crippen molar-refractivity contribution < 1.29 is 17.6 Å². The highest BCUT2D eigenvalue weighted by Crippen LogP contribution is 2.24. The van der Waals surface area contributed by atoms with E-state index in [1.54, 1.807) is 48.7 Å². The molecule has 3 heterocycles. The number of rotatable bonds is 5. The molecule has 0 aliphatic heterocycles. The fourth-order valence-corrected chi connectivity index (χ4v) is 3.21. The molecular formula is C19H15N5O4S. The molecule has 0 aliphatic carbocycles. The summed E-state index contributed by atoms with van der Waals surface area (Å²) in [7, 11) is -3.44. The van der Waals surface area contributed by atoms with Crippen molar-refractivity contribution in [3.05, 3.63) is 66.5 Å². The van der Waals surface area contributed by atoms with E-state index in [9.17, 15) is 13.2 Å². The van der Waals surface area contributed by atoms with E-state index in [1.807, 2.05) is 0 Å². The first-order chi connectivity index (χ1) is 13.9. The molecule has 3 aromatic heterocycles. The summed E-state index contributed by atoms with van der Waals surface area (Å²) in [6.45, 7) is 0. The lowest BCUT2D eigenvalue weighted by Gasteiger charge is -2.08. The second-order valence-corrected chi connectivity index (χ2v) is 7.93. The van der Waals surface area contributed by atoms with E-state index in [0.717, 1.165) is 6.26 Å². The molecule has 0 radical (unpaired) electrons. The van der Waals surface area contributed by atoms with Gasteiger partial charge in [-0.25, -0.2) is 18.4 Å². The van der Waals surface area contributed by atoms with Crippen LogP contribution in [0.2, 0.25) is 0 Å². The molecule has 0 saturated carbocycles. The van der Waals surface area contributed by atoms with E-state index in [0.29, 0.717) is 34.2 Å². The Morgan fingerprint density at radius 2 is 1.90 bits per heavy atom. The van der Waals surface area contributed by atoms with Gasteiger partial charge in [-0.3, -0.25) is 9.52 Å². The van der Waals surface area contributed by atoms with Crippen LogP contribution in [0.1, 0.15) is 10.4 Å². The molecule has 9 nitrogen and oxygen atoms in total. The number of pyridine rings is 2. The fraction of sp³-hybridized carbons (Fsp3) is 0.0526. The average Bonchev–Trinajstić information content (AvgIpc) is 3.11. The highest BCUT2D eigenvalue weighted by molar-refractivity contribution is 7.92. The number of carbonyl (C=O) groups is 1. The van der Waals surface area contributed by atoms with Crippen molar-refractivity contribution >= 4 is 38.7 Å². The second kappa shape index (κ2) is 7.32. The number of aromatic nitrogens is 3. The molecule has 1 aromatic carbocycles. The van der Waals surface area contributed by atoms with Gasteiger partial charge in [-0.1, -0.05) is 6.07 Å². The van der Waals surface area contributed by atoms with E-state index in [4.69, 9.17) is 4.42 Å². The number of carbonyl (C=O) groups excluding carboxylic acids is 1. The Morgan fingerprint density at radius 1 is 1.03 bits per heavy atom. The number of sulfonamides is 1. The zero-order valence-electron chi connectivity index (χ0n) is 15.2. The van der Waals surface area contributed by atoms with Gasteiger partial charge < -0.3 is 9.73 Å². The Hall–Kier alpha value is -3.79. The molecule has 2 N–H and O–H groups in total. The third-order valence-corrected chi connectivity index (χ3v) is 4.45. The van der Waals surface area contributed by atoms with Crippen LogP contribution in [0.5, 0.6) is 0 Å².